The number of alkyl halides is 6. The summed E-state index contributed by atoms with van der Waals surface area (Å²) in [5.74, 6) is -1.51. The van der Waals surface area contributed by atoms with E-state index in [1.54, 1.807) is 0 Å². The van der Waals surface area contributed by atoms with Crippen LogP contribution in [0.15, 0.2) is 17.0 Å². The average Bonchev–Trinajstić information content (AvgIpc) is 2.11. The summed E-state index contributed by atoms with van der Waals surface area (Å²) >= 11 is 0. The molecule has 1 rings (SSSR count). The van der Waals surface area contributed by atoms with E-state index in [2.05, 4.69) is 5.14 Å². The van der Waals surface area contributed by atoms with Crippen LogP contribution in [0.4, 0.5) is 26.3 Å². The van der Waals surface area contributed by atoms with Crippen molar-refractivity contribution in [2.45, 2.75) is 17.2 Å². The van der Waals surface area contributed by atoms with Crippen LogP contribution in [0.3, 0.4) is 0 Å². The van der Waals surface area contributed by atoms with Crippen LogP contribution >= 0.6 is 0 Å². The molecule has 0 saturated heterocycles. The van der Waals surface area contributed by atoms with Crippen molar-refractivity contribution in [1.82, 2.24) is 0 Å². The van der Waals surface area contributed by atoms with Gasteiger partial charge >= 0.3 is 12.4 Å². The summed E-state index contributed by atoms with van der Waals surface area (Å²) in [7, 11) is -4.80. The number of primary sulfonamides is 1. The first-order valence-electron chi connectivity index (χ1n) is 4.29. The van der Waals surface area contributed by atoms with Gasteiger partial charge in [-0.2, -0.15) is 26.3 Å². The third-order valence-corrected chi connectivity index (χ3v) is 2.96. The fourth-order valence-corrected chi connectivity index (χ4v) is 1.90. The minimum Gasteiger partial charge on any atom is -0.507 e. The Morgan fingerprint density at radius 3 is 1.63 bits per heavy atom. The molecule has 0 aliphatic carbocycles. The van der Waals surface area contributed by atoms with Crippen LogP contribution < -0.4 is 5.14 Å². The van der Waals surface area contributed by atoms with Crippen LogP contribution in [0.2, 0.25) is 0 Å². The molecular weight excluding hydrogens is 304 g/mol. The Hall–Kier alpha value is -1.49. The standard InChI is InChI=1S/C8H5F6NO3S/c9-7(10,11)3-1-5(16)6(19(15,17)18)2-4(3)8(12,13)14/h1-2,16H,(H2,15,17,18). The SMILES string of the molecule is NS(=O)(=O)c1cc(C(F)(F)F)c(C(F)(F)F)cc1O. The highest BCUT2D eigenvalue weighted by molar-refractivity contribution is 7.89. The third-order valence-electron chi connectivity index (χ3n) is 2.02. The predicted octanol–water partition coefficient (Wildman–Crippen LogP) is 2.08. The van der Waals surface area contributed by atoms with Crippen molar-refractivity contribution in [2.75, 3.05) is 0 Å². The second kappa shape index (κ2) is 4.27. The second-order valence-corrected chi connectivity index (χ2v) is 4.94. The zero-order valence-electron chi connectivity index (χ0n) is 8.67. The Labute approximate surface area is 102 Å². The van der Waals surface area contributed by atoms with E-state index >= 15 is 0 Å². The molecule has 0 unspecified atom stereocenters. The van der Waals surface area contributed by atoms with Gasteiger partial charge in [0.05, 0.1) is 11.1 Å². The largest absolute Gasteiger partial charge is 0.507 e. The molecule has 0 heterocycles. The predicted molar refractivity (Wildman–Crippen MR) is 49.5 cm³/mol. The minimum absolute atomic E-state index is 0.331. The molecule has 19 heavy (non-hydrogen) atoms. The van der Waals surface area contributed by atoms with Crippen molar-refractivity contribution in [2.24, 2.45) is 5.14 Å². The van der Waals surface area contributed by atoms with Crippen molar-refractivity contribution in [3.63, 3.8) is 0 Å². The maximum Gasteiger partial charge on any atom is 0.417 e. The summed E-state index contributed by atoms with van der Waals surface area (Å²) in [5.41, 5.74) is -4.45. The van der Waals surface area contributed by atoms with Gasteiger partial charge in [-0.1, -0.05) is 0 Å². The lowest BCUT2D eigenvalue weighted by Crippen LogP contribution is -2.19. The maximum atomic E-state index is 12.5. The summed E-state index contributed by atoms with van der Waals surface area (Å²) in [6, 6.07) is -0.684. The van der Waals surface area contributed by atoms with Gasteiger partial charge in [0.1, 0.15) is 10.6 Å². The summed E-state index contributed by atoms with van der Waals surface area (Å²) < 4.78 is 96.3. The zero-order chi connectivity index (χ0) is 15.2. The number of nitrogens with two attached hydrogens (primary N) is 1. The Balaban J connectivity index is 3.76. The highest BCUT2D eigenvalue weighted by Crippen LogP contribution is 2.43. The Morgan fingerprint density at radius 1 is 0.947 bits per heavy atom. The lowest BCUT2D eigenvalue weighted by atomic mass is 10.1. The first-order valence-corrected chi connectivity index (χ1v) is 5.83. The fraction of sp³-hybridized carbons (Fsp3) is 0.250. The molecule has 11 heteroatoms. The van der Waals surface area contributed by atoms with E-state index in [9.17, 15) is 34.8 Å². The summed E-state index contributed by atoms with van der Waals surface area (Å²) in [5, 5.41) is 13.5. The van der Waals surface area contributed by atoms with E-state index in [0.29, 0.717) is 0 Å². The van der Waals surface area contributed by atoms with E-state index in [0.717, 1.165) is 0 Å². The van der Waals surface area contributed by atoms with Gasteiger partial charge < -0.3 is 5.11 Å². The normalized spacial score (nSPS) is 13.6. The van der Waals surface area contributed by atoms with Crippen LogP contribution in [-0.2, 0) is 22.4 Å². The molecule has 108 valence electrons. The van der Waals surface area contributed by atoms with Crippen LogP contribution in [0.5, 0.6) is 5.75 Å². The van der Waals surface area contributed by atoms with Gasteiger partial charge in [0.15, 0.2) is 0 Å². The monoisotopic (exact) mass is 309 g/mol. The molecule has 0 spiro atoms. The lowest BCUT2D eigenvalue weighted by molar-refractivity contribution is -0.162. The van der Waals surface area contributed by atoms with E-state index < -0.39 is 44.1 Å². The summed E-state index contributed by atoms with van der Waals surface area (Å²) in [4.78, 5) is -1.44. The molecule has 0 amide bonds. The molecule has 0 radical (unpaired) electrons. The second-order valence-electron chi connectivity index (χ2n) is 3.41. The molecule has 0 aliphatic heterocycles. The molecule has 0 fully saturated rings. The Kier molecular flexibility index (Phi) is 3.50. The molecular formula is C8H5F6NO3S. The molecule has 0 saturated carbocycles. The maximum absolute atomic E-state index is 12.5. The number of hydrogen-bond acceptors (Lipinski definition) is 3. The number of halogens is 6. The van der Waals surface area contributed by atoms with Crippen LogP contribution in [0, 0.1) is 0 Å². The molecule has 0 bridgehead atoms. The highest BCUT2D eigenvalue weighted by Gasteiger charge is 2.44. The summed E-state index contributed by atoms with van der Waals surface area (Å²) in [6.07, 6.45) is -10.9. The quantitative estimate of drug-likeness (QED) is 0.779. The molecule has 1 aromatic carbocycles. The van der Waals surface area contributed by atoms with E-state index in [1.165, 1.54) is 0 Å². The van der Waals surface area contributed by atoms with Crippen molar-refractivity contribution < 1.29 is 39.9 Å². The van der Waals surface area contributed by atoms with Gasteiger partial charge in [0, 0.05) is 0 Å². The third kappa shape index (κ3) is 3.29. The number of hydrogen-bond donors (Lipinski definition) is 2. The highest BCUT2D eigenvalue weighted by atomic mass is 32.2. The number of phenols is 1. The van der Waals surface area contributed by atoms with Crippen molar-refractivity contribution in [3.05, 3.63) is 23.3 Å². The van der Waals surface area contributed by atoms with Crippen molar-refractivity contribution in [1.29, 1.82) is 0 Å². The van der Waals surface area contributed by atoms with Crippen molar-refractivity contribution in [3.8, 4) is 5.75 Å². The summed E-state index contributed by atoms with van der Waals surface area (Å²) in [6.45, 7) is 0. The van der Waals surface area contributed by atoms with E-state index in [1.807, 2.05) is 0 Å². The van der Waals surface area contributed by atoms with Gasteiger partial charge in [-0.3, -0.25) is 0 Å². The van der Waals surface area contributed by atoms with E-state index in [4.69, 9.17) is 5.11 Å². The van der Waals surface area contributed by atoms with Crippen LogP contribution in [0.25, 0.3) is 0 Å². The molecule has 3 N–H and O–H groups in total. The van der Waals surface area contributed by atoms with Gasteiger partial charge in [-0.15, -0.1) is 0 Å². The lowest BCUT2D eigenvalue weighted by Gasteiger charge is -2.17. The minimum atomic E-state index is -5.46. The number of sulfonamides is 1. The average molecular weight is 309 g/mol. The van der Waals surface area contributed by atoms with Gasteiger partial charge in [0.25, 0.3) is 0 Å². The molecule has 4 nitrogen and oxygen atoms in total. The first-order chi connectivity index (χ1) is 8.24. The first kappa shape index (κ1) is 15.6. The van der Waals surface area contributed by atoms with Crippen LogP contribution in [0.1, 0.15) is 11.1 Å². The molecule has 0 atom stereocenters. The number of aromatic hydroxyl groups is 1. The number of benzene rings is 1. The Morgan fingerprint density at radius 2 is 1.32 bits per heavy atom. The van der Waals surface area contributed by atoms with Crippen molar-refractivity contribution >= 4 is 10.0 Å². The molecule has 0 aromatic heterocycles. The van der Waals surface area contributed by atoms with E-state index in [-0.39, 0.29) is 12.1 Å². The number of rotatable bonds is 1. The molecule has 1 aromatic rings. The van der Waals surface area contributed by atoms with Gasteiger partial charge in [-0.05, 0) is 12.1 Å². The topological polar surface area (TPSA) is 80.4 Å². The Bertz CT molecular complexity index is 604. The zero-order valence-corrected chi connectivity index (χ0v) is 9.49. The smallest absolute Gasteiger partial charge is 0.417 e. The van der Waals surface area contributed by atoms with Crippen LogP contribution in [-0.4, -0.2) is 13.5 Å². The molecule has 0 aliphatic rings. The number of phenolic OH excluding ortho intramolecular Hbond substituents is 1. The van der Waals surface area contributed by atoms with Gasteiger partial charge in [0.2, 0.25) is 10.0 Å². The fourth-order valence-electron chi connectivity index (χ4n) is 1.27. The van der Waals surface area contributed by atoms with Gasteiger partial charge in [-0.25, -0.2) is 13.6 Å².